The van der Waals surface area contributed by atoms with Gasteiger partial charge in [0.2, 0.25) is 0 Å². The van der Waals surface area contributed by atoms with Crippen molar-refractivity contribution < 1.29 is 0 Å². The van der Waals surface area contributed by atoms with Crippen molar-refractivity contribution in [1.29, 1.82) is 0 Å². The van der Waals surface area contributed by atoms with E-state index in [2.05, 4.69) is 39.9 Å². The number of piperazine rings is 1. The van der Waals surface area contributed by atoms with Crippen molar-refractivity contribution >= 4 is 22.3 Å². The predicted molar refractivity (Wildman–Crippen MR) is 87.6 cm³/mol. The lowest BCUT2D eigenvalue weighted by molar-refractivity contribution is 0.203. The van der Waals surface area contributed by atoms with Crippen molar-refractivity contribution in [3.8, 4) is 0 Å². The number of fused-ring (bicyclic) bond motifs is 2. The number of hydrogen-bond donors (Lipinski definition) is 1. The highest BCUT2D eigenvalue weighted by Gasteiger charge is 2.35. The SMILES string of the molecule is CC1CN2CCCC2CN1c1ccc2ncccc2c1N. The molecule has 0 amide bonds. The third-order valence-corrected chi connectivity index (χ3v) is 5.05. The number of anilines is 2. The molecular weight excluding hydrogens is 260 g/mol. The molecule has 2 aliphatic heterocycles. The van der Waals surface area contributed by atoms with Crippen molar-refractivity contribution in [2.75, 3.05) is 30.3 Å². The summed E-state index contributed by atoms with van der Waals surface area (Å²) >= 11 is 0. The van der Waals surface area contributed by atoms with Crippen molar-refractivity contribution in [3.63, 3.8) is 0 Å². The lowest BCUT2D eigenvalue weighted by atomic mass is 10.0. The van der Waals surface area contributed by atoms with Gasteiger partial charge in [0, 0.05) is 36.8 Å². The monoisotopic (exact) mass is 282 g/mol. The molecule has 4 rings (SSSR count). The average Bonchev–Trinajstić information content (AvgIpc) is 2.94. The first-order valence-electron chi connectivity index (χ1n) is 7.88. The highest BCUT2D eigenvalue weighted by molar-refractivity contribution is 5.97. The molecule has 3 heterocycles. The molecule has 4 heteroatoms. The van der Waals surface area contributed by atoms with Gasteiger partial charge in [-0.1, -0.05) is 0 Å². The third kappa shape index (κ3) is 2.05. The molecule has 2 N–H and O–H groups in total. The topological polar surface area (TPSA) is 45.4 Å². The van der Waals surface area contributed by atoms with Gasteiger partial charge in [0.15, 0.2) is 0 Å². The molecule has 0 spiro atoms. The number of aromatic nitrogens is 1. The molecule has 1 aromatic heterocycles. The maximum atomic E-state index is 6.45. The Hall–Kier alpha value is -1.81. The van der Waals surface area contributed by atoms with Gasteiger partial charge in [0.25, 0.3) is 0 Å². The van der Waals surface area contributed by atoms with Gasteiger partial charge >= 0.3 is 0 Å². The number of nitrogens with zero attached hydrogens (tertiary/aromatic N) is 3. The Bertz CT molecular complexity index is 669. The van der Waals surface area contributed by atoms with Crippen LogP contribution in [0, 0.1) is 0 Å². The Morgan fingerprint density at radius 1 is 1.24 bits per heavy atom. The first-order valence-corrected chi connectivity index (χ1v) is 7.88. The molecule has 2 aromatic rings. The van der Waals surface area contributed by atoms with Crippen LogP contribution in [-0.2, 0) is 0 Å². The molecule has 0 saturated carbocycles. The minimum absolute atomic E-state index is 0.510. The summed E-state index contributed by atoms with van der Waals surface area (Å²) in [4.78, 5) is 9.53. The van der Waals surface area contributed by atoms with Gasteiger partial charge in [-0.25, -0.2) is 0 Å². The summed E-state index contributed by atoms with van der Waals surface area (Å²) in [5.74, 6) is 0. The zero-order valence-electron chi connectivity index (χ0n) is 12.5. The van der Waals surface area contributed by atoms with Crippen LogP contribution in [0.1, 0.15) is 19.8 Å². The molecule has 0 bridgehead atoms. The van der Waals surface area contributed by atoms with Crippen LogP contribution >= 0.6 is 0 Å². The fourth-order valence-corrected chi connectivity index (χ4v) is 3.94. The van der Waals surface area contributed by atoms with E-state index in [1.54, 1.807) is 0 Å². The van der Waals surface area contributed by atoms with E-state index in [9.17, 15) is 0 Å². The van der Waals surface area contributed by atoms with Crippen LogP contribution < -0.4 is 10.6 Å². The van der Waals surface area contributed by atoms with E-state index in [1.165, 1.54) is 25.1 Å². The van der Waals surface area contributed by atoms with Crippen LogP contribution in [0.5, 0.6) is 0 Å². The largest absolute Gasteiger partial charge is 0.396 e. The molecule has 2 saturated heterocycles. The number of rotatable bonds is 1. The van der Waals surface area contributed by atoms with Crippen molar-refractivity contribution in [1.82, 2.24) is 9.88 Å². The van der Waals surface area contributed by atoms with Gasteiger partial charge in [0.1, 0.15) is 0 Å². The van der Waals surface area contributed by atoms with Crippen molar-refractivity contribution in [2.24, 2.45) is 0 Å². The van der Waals surface area contributed by atoms with Gasteiger partial charge in [0.05, 0.1) is 16.9 Å². The molecule has 1 aromatic carbocycles. The fraction of sp³-hybridized carbons (Fsp3) is 0.471. The lowest BCUT2D eigenvalue weighted by Crippen LogP contribution is -2.55. The predicted octanol–water partition coefficient (Wildman–Crippen LogP) is 2.49. The van der Waals surface area contributed by atoms with E-state index in [-0.39, 0.29) is 0 Å². The number of pyridine rings is 1. The Morgan fingerprint density at radius 2 is 2.14 bits per heavy atom. The van der Waals surface area contributed by atoms with Crippen LogP contribution in [0.4, 0.5) is 11.4 Å². The molecule has 2 atom stereocenters. The first kappa shape index (κ1) is 12.9. The van der Waals surface area contributed by atoms with E-state index in [0.717, 1.165) is 29.7 Å². The minimum Gasteiger partial charge on any atom is -0.396 e. The fourth-order valence-electron chi connectivity index (χ4n) is 3.94. The molecule has 0 radical (unpaired) electrons. The van der Waals surface area contributed by atoms with E-state index in [4.69, 9.17) is 5.73 Å². The molecule has 2 aliphatic rings. The molecule has 2 fully saturated rings. The smallest absolute Gasteiger partial charge is 0.0724 e. The Morgan fingerprint density at radius 3 is 3.05 bits per heavy atom. The number of hydrogen-bond acceptors (Lipinski definition) is 4. The van der Waals surface area contributed by atoms with Crippen LogP contribution in [0.25, 0.3) is 10.9 Å². The Labute approximate surface area is 125 Å². The highest BCUT2D eigenvalue weighted by atomic mass is 15.3. The van der Waals surface area contributed by atoms with E-state index < -0.39 is 0 Å². The maximum absolute atomic E-state index is 6.45. The summed E-state index contributed by atoms with van der Waals surface area (Å²) in [5.41, 5.74) is 9.48. The van der Waals surface area contributed by atoms with Crippen LogP contribution in [-0.4, -0.2) is 41.6 Å². The van der Waals surface area contributed by atoms with E-state index >= 15 is 0 Å². The van der Waals surface area contributed by atoms with Gasteiger partial charge in [-0.2, -0.15) is 0 Å². The van der Waals surface area contributed by atoms with Crippen LogP contribution in [0.3, 0.4) is 0 Å². The number of benzene rings is 1. The van der Waals surface area contributed by atoms with Crippen LogP contribution in [0.2, 0.25) is 0 Å². The standard InChI is InChI=1S/C17H22N4/c1-12-10-20-9-3-4-13(20)11-21(12)16-7-6-15-14(17(16)18)5-2-8-19-15/h2,5-8,12-13H,3-4,9-11,18H2,1H3. The quantitative estimate of drug-likeness (QED) is 0.816. The highest BCUT2D eigenvalue weighted by Crippen LogP contribution is 2.35. The second-order valence-corrected chi connectivity index (χ2v) is 6.36. The summed E-state index contributed by atoms with van der Waals surface area (Å²) in [6.07, 6.45) is 4.47. The molecule has 0 aliphatic carbocycles. The molecule has 21 heavy (non-hydrogen) atoms. The van der Waals surface area contributed by atoms with Gasteiger partial charge < -0.3 is 10.6 Å². The summed E-state index contributed by atoms with van der Waals surface area (Å²) in [7, 11) is 0. The lowest BCUT2D eigenvalue weighted by Gasteiger charge is -2.44. The van der Waals surface area contributed by atoms with Gasteiger partial charge in [-0.05, 0) is 50.6 Å². The summed E-state index contributed by atoms with van der Waals surface area (Å²) in [6.45, 7) is 5.81. The van der Waals surface area contributed by atoms with E-state index in [1.807, 2.05) is 12.3 Å². The zero-order chi connectivity index (χ0) is 14.4. The summed E-state index contributed by atoms with van der Waals surface area (Å²) in [6, 6.07) is 9.47. The maximum Gasteiger partial charge on any atom is 0.0724 e. The summed E-state index contributed by atoms with van der Waals surface area (Å²) < 4.78 is 0. The molecular formula is C17H22N4. The minimum atomic E-state index is 0.510. The van der Waals surface area contributed by atoms with Crippen molar-refractivity contribution in [2.45, 2.75) is 31.8 Å². The van der Waals surface area contributed by atoms with Crippen LogP contribution in [0.15, 0.2) is 30.5 Å². The number of nitrogens with two attached hydrogens (primary N) is 1. The average molecular weight is 282 g/mol. The normalized spacial score (nSPS) is 26.2. The van der Waals surface area contributed by atoms with Gasteiger partial charge in [-0.3, -0.25) is 9.88 Å². The molecule has 110 valence electrons. The Kier molecular flexibility index (Phi) is 3.00. The second kappa shape index (κ2) is 4.88. The summed E-state index contributed by atoms with van der Waals surface area (Å²) in [5, 5.41) is 1.07. The third-order valence-electron chi connectivity index (χ3n) is 5.05. The molecule has 2 unspecified atom stereocenters. The zero-order valence-corrected chi connectivity index (χ0v) is 12.5. The second-order valence-electron chi connectivity index (χ2n) is 6.36. The first-order chi connectivity index (χ1) is 10.2. The Balaban J connectivity index is 1.74. The van der Waals surface area contributed by atoms with E-state index in [0.29, 0.717) is 12.1 Å². The number of nitrogen functional groups attached to an aromatic ring is 1. The van der Waals surface area contributed by atoms with Crippen molar-refractivity contribution in [3.05, 3.63) is 30.5 Å². The van der Waals surface area contributed by atoms with Gasteiger partial charge in [-0.15, -0.1) is 0 Å². The molecule has 4 nitrogen and oxygen atoms in total.